The summed E-state index contributed by atoms with van der Waals surface area (Å²) in [7, 11) is 1.27. The number of benzene rings is 2. The van der Waals surface area contributed by atoms with E-state index in [9.17, 15) is 14.0 Å². The second-order valence-electron chi connectivity index (χ2n) is 7.25. The molecule has 0 saturated carbocycles. The van der Waals surface area contributed by atoms with Gasteiger partial charge in [-0.15, -0.1) is 0 Å². The summed E-state index contributed by atoms with van der Waals surface area (Å²) in [5, 5.41) is 2.78. The molecule has 2 aromatic carbocycles. The maximum Gasteiger partial charge on any atom is 0.320 e. The van der Waals surface area contributed by atoms with E-state index in [0.29, 0.717) is 32.1 Å². The Bertz CT molecular complexity index is 941. The van der Waals surface area contributed by atoms with E-state index in [1.807, 2.05) is 35.2 Å². The number of guanidine groups is 1. The van der Waals surface area contributed by atoms with Crippen molar-refractivity contribution in [1.29, 1.82) is 0 Å². The minimum absolute atomic E-state index is 0.260. The molecule has 0 aromatic heterocycles. The highest BCUT2D eigenvalue weighted by atomic mass is 19.1. The molecular weight excluding hydrogens is 387 g/mol. The summed E-state index contributed by atoms with van der Waals surface area (Å²) in [6.07, 6.45) is 0. The Hall–Kier alpha value is -3.42. The van der Waals surface area contributed by atoms with Gasteiger partial charge in [0.05, 0.1) is 7.11 Å². The monoisotopic (exact) mass is 410 g/mol. The number of carbonyl (C=O) groups is 2. The first-order valence-corrected chi connectivity index (χ1v) is 9.83. The lowest BCUT2D eigenvalue weighted by Crippen LogP contribution is -2.57. The van der Waals surface area contributed by atoms with Crippen LogP contribution >= 0.6 is 0 Å². The predicted molar refractivity (Wildman–Crippen MR) is 110 cm³/mol. The molecule has 1 amide bonds. The maximum atomic E-state index is 13.2. The van der Waals surface area contributed by atoms with E-state index in [4.69, 9.17) is 9.73 Å². The van der Waals surface area contributed by atoms with Crippen molar-refractivity contribution in [2.75, 3.05) is 38.2 Å². The van der Waals surface area contributed by atoms with E-state index in [1.54, 1.807) is 12.1 Å². The van der Waals surface area contributed by atoms with Crippen LogP contribution in [0.25, 0.3) is 0 Å². The third-order valence-electron chi connectivity index (χ3n) is 5.46. The van der Waals surface area contributed by atoms with Crippen molar-refractivity contribution >= 4 is 23.5 Å². The van der Waals surface area contributed by atoms with E-state index >= 15 is 0 Å². The highest BCUT2D eigenvalue weighted by Crippen LogP contribution is 2.31. The maximum absolute atomic E-state index is 13.2. The zero-order chi connectivity index (χ0) is 21.1. The lowest BCUT2D eigenvalue weighted by Gasteiger charge is -2.39. The van der Waals surface area contributed by atoms with Crippen LogP contribution in [0.15, 0.2) is 59.6 Å². The predicted octanol–water partition coefficient (Wildman–Crippen LogP) is 1.96. The van der Waals surface area contributed by atoms with Gasteiger partial charge < -0.3 is 14.5 Å². The molecule has 0 aliphatic carbocycles. The SMILES string of the molecule is COC(=O)C1C(=O)NC(N2CCN(c3ccc(F)cc3)CC2)=NC1c1ccccc1. The summed E-state index contributed by atoms with van der Waals surface area (Å²) in [5.74, 6) is -1.84. The molecule has 0 radical (unpaired) electrons. The Balaban J connectivity index is 1.54. The molecular formula is C22H23FN4O3. The zero-order valence-electron chi connectivity index (χ0n) is 16.6. The molecule has 0 spiro atoms. The number of halogens is 1. The molecule has 4 rings (SSSR count). The van der Waals surface area contributed by atoms with Crippen molar-refractivity contribution in [1.82, 2.24) is 10.2 Å². The molecule has 2 atom stereocenters. The number of aliphatic imine (C=N–C) groups is 1. The summed E-state index contributed by atoms with van der Waals surface area (Å²) >= 11 is 0. The van der Waals surface area contributed by atoms with Crippen LogP contribution in [-0.4, -0.2) is 56.0 Å². The van der Waals surface area contributed by atoms with E-state index in [0.717, 1.165) is 11.3 Å². The first kappa shape index (κ1) is 19.9. The third-order valence-corrected chi connectivity index (χ3v) is 5.46. The van der Waals surface area contributed by atoms with Crippen LogP contribution in [0.4, 0.5) is 10.1 Å². The summed E-state index contributed by atoms with van der Waals surface area (Å²) < 4.78 is 18.0. The highest BCUT2D eigenvalue weighted by Gasteiger charge is 2.41. The standard InChI is InChI=1S/C22H23FN4O3/c1-30-21(29)18-19(15-5-3-2-4-6-15)24-22(25-20(18)28)27-13-11-26(12-14-27)17-9-7-16(23)8-10-17/h2-10,18-19H,11-14H2,1H3,(H,24,25,28). The number of carbonyl (C=O) groups excluding carboxylic acids is 2. The summed E-state index contributed by atoms with van der Waals surface area (Å²) in [4.78, 5) is 33.9. The van der Waals surface area contributed by atoms with Crippen molar-refractivity contribution in [3.05, 3.63) is 66.0 Å². The summed E-state index contributed by atoms with van der Waals surface area (Å²) in [6.45, 7) is 2.69. The zero-order valence-corrected chi connectivity index (χ0v) is 16.6. The smallest absolute Gasteiger partial charge is 0.320 e. The third kappa shape index (κ3) is 3.98. The van der Waals surface area contributed by atoms with Crippen LogP contribution in [0.3, 0.4) is 0 Å². The minimum atomic E-state index is -1.03. The fraction of sp³-hybridized carbons (Fsp3) is 0.318. The van der Waals surface area contributed by atoms with Crippen molar-refractivity contribution in [3.63, 3.8) is 0 Å². The number of piperazine rings is 1. The number of rotatable bonds is 3. The van der Waals surface area contributed by atoms with Gasteiger partial charge in [-0.2, -0.15) is 0 Å². The number of anilines is 1. The molecule has 1 fully saturated rings. The van der Waals surface area contributed by atoms with Gasteiger partial charge in [-0.05, 0) is 29.8 Å². The largest absolute Gasteiger partial charge is 0.468 e. The Morgan fingerprint density at radius 3 is 2.30 bits per heavy atom. The highest BCUT2D eigenvalue weighted by molar-refractivity contribution is 6.08. The van der Waals surface area contributed by atoms with Crippen LogP contribution in [0, 0.1) is 11.7 Å². The number of nitrogens with one attached hydrogen (secondary N) is 1. The second kappa shape index (κ2) is 8.52. The van der Waals surface area contributed by atoms with E-state index in [-0.39, 0.29) is 5.82 Å². The quantitative estimate of drug-likeness (QED) is 0.619. The van der Waals surface area contributed by atoms with Gasteiger partial charge in [-0.25, -0.2) is 9.38 Å². The van der Waals surface area contributed by atoms with Crippen molar-refractivity contribution in [3.8, 4) is 0 Å². The Morgan fingerprint density at radius 1 is 1.03 bits per heavy atom. The number of nitrogens with zero attached hydrogens (tertiary/aromatic N) is 3. The molecule has 1 saturated heterocycles. The van der Waals surface area contributed by atoms with Gasteiger partial charge in [0.2, 0.25) is 11.9 Å². The number of hydrogen-bond donors (Lipinski definition) is 1. The molecule has 8 heteroatoms. The van der Waals surface area contributed by atoms with Gasteiger partial charge in [0.1, 0.15) is 11.9 Å². The van der Waals surface area contributed by atoms with Gasteiger partial charge in [0.15, 0.2) is 5.92 Å². The molecule has 0 bridgehead atoms. The molecule has 2 heterocycles. The van der Waals surface area contributed by atoms with Crippen LogP contribution in [0.5, 0.6) is 0 Å². The molecule has 2 aromatic rings. The number of hydrogen-bond acceptors (Lipinski definition) is 6. The molecule has 7 nitrogen and oxygen atoms in total. The normalized spacial score (nSPS) is 21.7. The van der Waals surface area contributed by atoms with Crippen molar-refractivity contribution in [2.24, 2.45) is 10.9 Å². The summed E-state index contributed by atoms with van der Waals surface area (Å²) in [6, 6.07) is 15.1. The van der Waals surface area contributed by atoms with Gasteiger partial charge in [-0.1, -0.05) is 30.3 Å². The molecule has 2 unspecified atom stereocenters. The number of amides is 1. The Labute approximate surface area is 174 Å². The van der Waals surface area contributed by atoms with Crippen LogP contribution in [-0.2, 0) is 14.3 Å². The fourth-order valence-corrected chi connectivity index (χ4v) is 3.84. The molecule has 30 heavy (non-hydrogen) atoms. The van der Waals surface area contributed by atoms with Gasteiger partial charge in [0, 0.05) is 31.9 Å². The lowest BCUT2D eigenvalue weighted by atomic mass is 9.91. The molecule has 156 valence electrons. The van der Waals surface area contributed by atoms with Crippen LogP contribution < -0.4 is 10.2 Å². The molecule has 1 N–H and O–H groups in total. The van der Waals surface area contributed by atoms with Gasteiger partial charge in [-0.3, -0.25) is 14.9 Å². The van der Waals surface area contributed by atoms with E-state index in [1.165, 1.54) is 19.2 Å². The average molecular weight is 410 g/mol. The van der Waals surface area contributed by atoms with Crippen molar-refractivity contribution < 1.29 is 18.7 Å². The number of esters is 1. The molecule has 2 aliphatic heterocycles. The minimum Gasteiger partial charge on any atom is -0.468 e. The second-order valence-corrected chi connectivity index (χ2v) is 7.25. The number of ether oxygens (including phenoxy) is 1. The topological polar surface area (TPSA) is 74.2 Å². The number of methoxy groups -OCH3 is 1. The molecule has 2 aliphatic rings. The Morgan fingerprint density at radius 2 is 1.67 bits per heavy atom. The van der Waals surface area contributed by atoms with Gasteiger partial charge in [0.25, 0.3) is 0 Å². The van der Waals surface area contributed by atoms with Gasteiger partial charge >= 0.3 is 5.97 Å². The first-order chi connectivity index (χ1) is 14.6. The summed E-state index contributed by atoms with van der Waals surface area (Å²) in [5.41, 5.74) is 1.74. The first-order valence-electron chi connectivity index (χ1n) is 9.83. The Kier molecular flexibility index (Phi) is 5.65. The average Bonchev–Trinajstić information content (AvgIpc) is 2.79. The van der Waals surface area contributed by atoms with Crippen LogP contribution in [0.1, 0.15) is 11.6 Å². The van der Waals surface area contributed by atoms with E-state index < -0.39 is 23.8 Å². The lowest BCUT2D eigenvalue weighted by molar-refractivity contribution is -0.151. The fourth-order valence-electron chi connectivity index (χ4n) is 3.84. The van der Waals surface area contributed by atoms with Crippen molar-refractivity contribution in [2.45, 2.75) is 6.04 Å². The van der Waals surface area contributed by atoms with Crippen LogP contribution in [0.2, 0.25) is 0 Å². The van der Waals surface area contributed by atoms with E-state index in [2.05, 4.69) is 10.2 Å².